The molecule has 0 saturated carbocycles. The summed E-state index contributed by atoms with van der Waals surface area (Å²) in [6.45, 7) is 14.2. The molecular weight excluding hydrogens is 534 g/mol. The molecule has 2 N–H and O–H groups in total. The predicted molar refractivity (Wildman–Crippen MR) is 165 cm³/mol. The number of aryl methyl sites for hydroxylation is 2. The zero-order chi connectivity index (χ0) is 30.2. The van der Waals surface area contributed by atoms with E-state index >= 15 is 0 Å². The Labute approximate surface area is 243 Å². The van der Waals surface area contributed by atoms with Crippen molar-refractivity contribution in [2.24, 2.45) is 5.10 Å². The van der Waals surface area contributed by atoms with Gasteiger partial charge in [-0.05, 0) is 65.1 Å². The first-order valence-corrected chi connectivity index (χ1v) is 15.1. The molecule has 0 radical (unpaired) electrons. The Morgan fingerprint density at radius 1 is 0.927 bits per heavy atom. The summed E-state index contributed by atoms with van der Waals surface area (Å²) in [4.78, 5) is 12.9. The molecule has 0 aliphatic rings. The molecule has 41 heavy (non-hydrogen) atoms. The van der Waals surface area contributed by atoms with Crippen molar-refractivity contribution in [2.45, 2.75) is 77.0 Å². The molecule has 1 aromatic heterocycles. The summed E-state index contributed by atoms with van der Waals surface area (Å²) in [6, 6.07) is 19.6. The summed E-state index contributed by atoms with van der Waals surface area (Å²) in [6.07, 6.45) is 2.01. The monoisotopic (exact) mass is 573 g/mol. The summed E-state index contributed by atoms with van der Waals surface area (Å²) in [7, 11) is -3.91. The topological polar surface area (TPSA) is 101 Å². The van der Waals surface area contributed by atoms with Crippen molar-refractivity contribution in [1.82, 2.24) is 9.40 Å². The first-order chi connectivity index (χ1) is 19.1. The van der Waals surface area contributed by atoms with E-state index in [9.17, 15) is 18.3 Å². The number of nitrogens with zero attached hydrogens (tertiary/aromatic N) is 2. The molecule has 0 saturated heterocycles. The number of benzene rings is 3. The molecule has 3 aromatic carbocycles. The second-order valence-corrected chi connectivity index (χ2v) is 14.3. The third kappa shape index (κ3) is 6.54. The number of hydrogen-bond acceptors (Lipinski definition) is 5. The minimum atomic E-state index is -3.91. The summed E-state index contributed by atoms with van der Waals surface area (Å²) in [5.41, 5.74) is 6.50. The van der Waals surface area contributed by atoms with Gasteiger partial charge in [0.1, 0.15) is 5.75 Å². The number of hydrazone groups is 1. The number of phenols is 1. The Morgan fingerprint density at radius 2 is 1.51 bits per heavy atom. The quantitative estimate of drug-likeness (QED) is 0.193. The summed E-state index contributed by atoms with van der Waals surface area (Å²) < 4.78 is 28.5. The highest BCUT2D eigenvalue weighted by Crippen LogP contribution is 2.40. The number of hydrogen-bond donors (Lipinski definition) is 2. The highest BCUT2D eigenvalue weighted by Gasteiger charge is 2.27. The molecule has 0 spiro atoms. The first-order valence-electron chi connectivity index (χ1n) is 13.7. The van der Waals surface area contributed by atoms with Crippen LogP contribution in [0.5, 0.6) is 5.75 Å². The average molecular weight is 574 g/mol. The van der Waals surface area contributed by atoms with Gasteiger partial charge in [0.15, 0.2) is 0 Å². The molecular formula is C33H39N3O4S. The van der Waals surface area contributed by atoms with E-state index in [1.807, 2.05) is 31.2 Å². The van der Waals surface area contributed by atoms with Crippen molar-refractivity contribution in [3.8, 4) is 5.75 Å². The number of aromatic hydroxyl groups is 1. The molecule has 0 aliphatic heterocycles. The zero-order valence-electron chi connectivity index (χ0n) is 24.8. The Bertz CT molecular complexity index is 1680. The second kappa shape index (κ2) is 11.2. The van der Waals surface area contributed by atoms with Crippen LogP contribution in [0.4, 0.5) is 0 Å². The number of phenolic OH excluding ortho intramolecular Hbond substituents is 1. The van der Waals surface area contributed by atoms with Gasteiger partial charge in [-0.25, -0.2) is 17.8 Å². The number of para-hydroxylation sites is 1. The van der Waals surface area contributed by atoms with E-state index in [0.29, 0.717) is 23.4 Å². The summed E-state index contributed by atoms with van der Waals surface area (Å²) >= 11 is 0. The molecule has 0 fully saturated rings. The predicted octanol–water partition coefficient (Wildman–Crippen LogP) is 6.57. The van der Waals surface area contributed by atoms with Crippen molar-refractivity contribution in [3.63, 3.8) is 0 Å². The molecule has 4 aromatic rings. The highest BCUT2D eigenvalue weighted by molar-refractivity contribution is 7.90. The van der Waals surface area contributed by atoms with E-state index in [0.717, 1.165) is 27.6 Å². The standard InChI is InChI=1S/C33H39N3O4S/c1-22-12-15-26(16-13-22)41(39,40)36-25(20-24-10-8-9-11-29(24)36)21-34-35-30(37)17-14-23-18-27(32(2,3)4)31(38)28(19-23)33(5,6)7/h8-13,15-16,18-21,38H,14,17H2,1-7H3,(H,35,37)/b34-21-. The lowest BCUT2D eigenvalue weighted by Crippen LogP contribution is -2.20. The van der Waals surface area contributed by atoms with Crippen LogP contribution in [-0.2, 0) is 32.1 Å². The molecule has 0 atom stereocenters. The van der Waals surface area contributed by atoms with Gasteiger partial charge in [-0.3, -0.25) is 4.79 Å². The molecule has 0 unspecified atom stereocenters. The fourth-order valence-electron chi connectivity index (χ4n) is 4.79. The Morgan fingerprint density at radius 3 is 2.10 bits per heavy atom. The lowest BCUT2D eigenvalue weighted by Gasteiger charge is -2.28. The third-order valence-electron chi connectivity index (χ3n) is 7.07. The number of rotatable bonds is 7. The van der Waals surface area contributed by atoms with Crippen LogP contribution in [0.2, 0.25) is 0 Å². The third-order valence-corrected chi connectivity index (χ3v) is 8.82. The van der Waals surface area contributed by atoms with Crippen molar-refractivity contribution in [1.29, 1.82) is 0 Å². The van der Waals surface area contributed by atoms with Crippen LogP contribution in [0.15, 0.2) is 76.7 Å². The number of nitrogens with one attached hydrogen (secondary N) is 1. The van der Waals surface area contributed by atoms with E-state index in [-0.39, 0.29) is 28.1 Å². The van der Waals surface area contributed by atoms with E-state index in [1.54, 1.807) is 42.5 Å². The normalized spacial score (nSPS) is 12.8. The number of aromatic nitrogens is 1. The maximum Gasteiger partial charge on any atom is 0.268 e. The van der Waals surface area contributed by atoms with Gasteiger partial charge in [0, 0.05) is 11.8 Å². The SMILES string of the molecule is Cc1ccc(S(=O)(=O)n2c(/C=N\NC(=O)CCc3cc(C(C)(C)C)c(O)c(C(C)(C)C)c3)cc3ccccc32)cc1. The van der Waals surface area contributed by atoms with Crippen molar-refractivity contribution < 1.29 is 18.3 Å². The highest BCUT2D eigenvalue weighted by atomic mass is 32.2. The molecule has 1 heterocycles. The van der Waals surface area contributed by atoms with Gasteiger partial charge in [-0.15, -0.1) is 0 Å². The minimum Gasteiger partial charge on any atom is -0.507 e. The van der Waals surface area contributed by atoms with Gasteiger partial charge >= 0.3 is 0 Å². The van der Waals surface area contributed by atoms with Crippen molar-refractivity contribution >= 4 is 33.0 Å². The first kappa shape index (κ1) is 30.1. The van der Waals surface area contributed by atoms with Crippen LogP contribution in [0.1, 0.15) is 75.9 Å². The number of amides is 1. The van der Waals surface area contributed by atoms with Gasteiger partial charge in [0.25, 0.3) is 10.0 Å². The number of carbonyl (C=O) groups is 1. The number of fused-ring (bicyclic) bond motifs is 1. The van der Waals surface area contributed by atoms with Gasteiger partial charge in [-0.2, -0.15) is 5.10 Å². The largest absolute Gasteiger partial charge is 0.507 e. The van der Waals surface area contributed by atoms with Gasteiger partial charge in [0.05, 0.1) is 22.3 Å². The van der Waals surface area contributed by atoms with Crippen LogP contribution >= 0.6 is 0 Å². The maximum atomic E-state index is 13.6. The maximum absolute atomic E-state index is 13.6. The van der Waals surface area contributed by atoms with Crippen LogP contribution in [0.25, 0.3) is 10.9 Å². The summed E-state index contributed by atoms with van der Waals surface area (Å²) in [5, 5.41) is 15.8. The Hall–Kier alpha value is -3.91. The van der Waals surface area contributed by atoms with Crippen LogP contribution < -0.4 is 5.43 Å². The second-order valence-electron chi connectivity index (χ2n) is 12.5. The molecule has 1 amide bonds. The van der Waals surface area contributed by atoms with Gasteiger partial charge in [-0.1, -0.05) is 89.6 Å². The Balaban J connectivity index is 1.56. The lowest BCUT2D eigenvalue weighted by atomic mass is 9.78. The van der Waals surface area contributed by atoms with Crippen molar-refractivity contribution in [3.05, 3.63) is 94.7 Å². The smallest absolute Gasteiger partial charge is 0.268 e. The van der Waals surface area contributed by atoms with E-state index in [4.69, 9.17) is 0 Å². The fourth-order valence-corrected chi connectivity index (χ4v) is 6.28. The van der Waals surface area contributed by atoms with E-state index in [1.165, 1.54) is 10.2 Å². The molecule has 0 bridgehead atoms. The zero-order valence-corrected chi connectivity index (χ0v) is 25.6. The lowest BCUT2D eigenvalue weighted by molar-refractivity contribution is -0.121. The average Bonchev–Trinajstić information content (AvgIpc) is 3.26. The van der Waals surface area contributed by atoms with E-state index in [2.05, 4.69) is 52.1 Å². The van der Waals surface area contributed by atoms with Crippen LogP contribution in [0, 0.1) is 6.92 Å². The minimum absolute atomic E-state index is 0.168. The van der Waals surface area contributed by atoms with Gasteiger partial charge < -0.3 is 5.11 Å². The summed E-state index contributed by atoms with van der Waals surface area (Å²) in [5.74, 6) is 0.00627. The van der Waals surface area contributed by atoms with Crippen LogP contribution in [0.3, 0.4) is 0 Å². The number of carbonyl (C=O) groups excluding carboxylic acids is 1. The Kier molecular flexibility index (Phi) is 8.18. The van der Waals surface area contributed by atoms with Gasteiger partial charge in [0.2, 0.25) is 5.91 Å². The molecule has 216 valence electrons. The molecule has 8 heteroatoms. The van der Waals surface area contributed by atoms with E-state index < -0.39 is 10.0 Å². The van der Waals surface area contributed by atoms with Crippen molar-refractivity contribution in [2.75, 3.05) is 0 Å². The molecule has 4 rings (SSSR count). The fraction of sp³-hybridized carbons (Fsp3) is 0.333. The van der Waals surface area contributed by atoms with Crippen LogP contribution in [-0.4, -0.2) is 29.6 Å². The molecule has 0 aliphatic carbocycles. The molecule has 7 nitrogen and oxygen atoms in total.